The van der Waals surface area contributed by atoms with E-state index in [1.165, 1.54) is 12.4 Å². The summed E-state index contributed by atoms with van der Waals surface area (Å²) in [6.45, 7) is 4.73. The maximum Gasteiger partial charge on any atom is 0.246 e. The van der Waals surface area contributed by atoms with E-state index in [1.807, 2.05) is 12.1 Å². The molecule has 9 heteroatoms. The van der Waals surface area contributed by atoms with Gasteiger partial charge in [0.25, 0.3) is 0 Å². The molecule has 28 heavy (non-hydrogen) atoms. The summed E-state index contributed by atoms with van der Waals surface area (Å²) in [4.78, 5) is 26.3. The van der Waals surface area contributed by atoms with Gasteiger partial charge in [-0.2, -0.15) is 0 Å². The number of hydrogen-bond donors (Lipinski definition) is 2. The monoisotopic (exact) mass is 414 g/mol. The molecule has 0 aliphatic carbocycles. The molecule has 142 valence electrons. The summed E-state index contributed by atoms with van der Waals surface area (Å²) >= 11 is 12.1. The molecule has 1 aromatic carbocycles. The minimum absolute atomic E-state index is 0.0639. The van der Waals surface area contributed by atoms with Gasteiger partial charge in [-0.1, -0.05) is 29.8 Å². The van der Waals surface area contributed by atoms with Crippen LogP contribution in [0.15, 0.2) is 49.4 Å². The highest BCUT2D eigenvalue weighted by atomic mass is 35.5. The first-order valence-corrected chi connectivity index (χ1v) is 9.30. The number of fused-ring (bicyclic) bond motifs is 1. The van der Waals surface area contributed by atoms with Gasteiger partial charge in [0.2, 0.25) is 5.91 Å². The van der Waals surface area contributed by atoms with Crippen molar-refractivity contribution in [3.8, 4) is 0 Å². The minimum Gasteiger partial charge on any atom is -0.364 e. The number of carbonyl (C=O) groups excluding carboxylic acids is 1. The zero-order valence-corrected chi connectivity index (χ0v) is 16.2. The van der Waals surface area contributed by atoms with Gasteiger partial charge >= 0.3 is 0 Å². The van der Waals surface area contributed by atoms with E-state index in [1.54, 1.807) is 23.2 Å². The Morgan fingerprint density at radius 1 is 1.18 bits per heavy atom. The molecule has 3 heterocycles. The fourth-order valence-corrected chi connectivity index (χ4v) is 3.23. The van der Waals surface area contributed by atoms with Gasteiger partial charge < -0.3 is 15.5 Å². The van der Waals surface area contributed by atoms with Crippen molar-refractivity contribution >= 4 is 57.3 Å². The Labute approximate surface area is 171 Å². The largest absolute Gasteiger partial charge is 0.364 e. The lowest BCUT2D eigenvalue weighted by molar-refractivity contribution is -0.129. The van der Waals surface area contributed by atoms with Crippen LogP contribution >= 0.6 is 23.2 Å². The van der Waals surface area contributed by atoms with Crippen molar-refractivity contribution in [2.75, 3.05) is 23.7 Å². The molecule has 0 bridgehead atoms. The summed E-state index contributed by atoms with van der Waals surface area (Å²) in [5.41, 5.74) is 1.47. The van der Waals surface area contributed by atoms with Crippen LogP contribution in [0.1, 0.15) is 0 Å². The molecule has 2 N–H and O–H groups in total. The minimum atomic E-state index is -0.0639. The summed E-state index contributed by atoms with van der Waals surface area (Å²) < 4.78 is 0. The van der Waals surface area contributed by atoms with Gasteiger partial charge in [0.1, 0.15) is 18.0 Å². The third kappa shape index (κ3) is 3.72. The predicted molar refractivity (Wildman–Crippen MR) is 111 cm³/mol. The summed E-state index contributed by atoms with van der Waals surface area (Å²) in [5.74, 6) is 1.26. The maximum atomic E-state index is 11.6. The molecular weight excluding hydrogens is 399 g/mol. The Balaban J connectivity index is 1.55. The number of aromatic nitrogens is 3. The highest BCUT2D eigenvalue weighted by Crippen LogP contribution is 2.29. The highest BCUT2D eigenvalue weighted by molar-refractivity contribution is 6.42. The Morgan fingerprint density at radius 3 is 2.75 bits per heavy atom. The van der Waals surface area contributed by atoms with Crippen molar-refractivity contribution in [3.05, 3.63) is 59.5 Å². The molecule has 4 rings (SSSR count). The van der Waals surface area contributed by atoms with Crippen LogP contribution in [0.5, 0.6) is 0 Å². The number of pyridine rings is 1. The number of likely N-dealkylation sites (tertiary alicyclic amines) is 1. The van der Waals surface area contributed by atoms with Gasteiger partial charge in [-0.05, 0) is 30.3 Å². The lowest BCUT2D eigenvalue weighted by Crippen LogP contribution is -2.56. The average Bonchev–Trinajstić information content (AvgIpc) is 2.67. The number of nitrogens with one attached hydrogen (secondary N) is 2. The van der Waals surface area contributed by atoms with Crippen molar-refractivity contribution < 1.29 is 4.79 Å². The number of amides is 1. The first-order chi connectivity index (χ1) is 13.5. The van der Waals surface area contributed by atoms with E-state index in [-0.39, 0.29) is 11.9 Å². The summed E-state index contributed by atoms with van der Waals surface area (Å²) in [5, 5.41) is 8.32. The molecule has 0 radical (unpaired) electrons. The molecule has 0 atom stereocenters. The van der Waals surface area contributed by atoms with Crippen LogP contribution in [0.3, 0.4) is 0 Å². The van der Waals surface area contributed by atoms with Gasteiger partial charge in [-0.15, -0.1) is 0 Å². The number of hydrogen-bond acceptors (Lipinski definition) is 6. The van der Waals surface area contributed by atoms with Gasteiger partial charge in [0.15, 0.2) is 0 Å². The highest BCUT2D eigenvalue weighted by Gasteiger charge is 2.29. The molecule has 3 aromatic rings. The molecule has 7 nitrogen and oxygen atoms in total. The third-order valence-corrected chi connectivity index (χ3v) is 5.16. The quantitative estimate of drug-likeness (QED) is 0.616. The lowest BCUT2D eigenvalue weighted by atomic mass is 10.1. The van der Waals surface area contributed by atoms with Crippen LogP contribution in [0.2, 0.25) is 10.0 Å². The van der Waals surface area contributed by atoms with Crippen molar-refractivity contribution in [1.82, 2.24) is 19.9 Å². The van der Waals surface area contributed by atoms with E-state index in [9.17, 15) is 4.79 Å². The van der Waals surface area contributed by atoms with E-state index < -0.39 is 0 Å². The smallest absolute Gasteiger partial charge is 0.246 e. The van der Waals surface area contributed by atoms with Crippen molar-refractivity contribution in [2.45, 2.75) is 6.04 Å². The van der Waals surface area contributed by atoms with Gasteiger partial charge in [0.05, 0.1) is 27.8 Å². The zero-order valence-electron chi connectivity index (χ0n) is 14.7. The molecule has 1 amide bonds. The van der Waals surface area contributed by atoms with Crippen molar-refractivity contribution in [2.24, 2.45) is 0 Å². The number of nitrogens with zero attached hydrogens (tertiary/aromatic N) is 4. The van der Waals surface area contributed by atoms with E-state index >= 15 is 0 Å². The van der Waals surface area contributed by atoms with E-state index in [4.69, 9.17) is 23.2 Å². The summed E-state index contributed by atoms with van der Waals surface area (Å²) in [6, 6.07) is 7.30. The fourth-order valence-electron chi connectivity index (χ4n) is 2.94. The molecule has 1 aliphatic rings. The van der Waals surface area contributed by atoms with Crippen LogP contribution in [-0.2, 0) is 4.79 Å². The second kappa shape index (κ2) is 7.61. The van der Waals surface area contributed by atoms with E-state index in [2.05, 4.69) is 32.2 Å². The number of carbonyl (C=O) groups is 1. The number of halogens is 2. The van der Waals surface area contributed by atoms with Crippen LogP contribution < -0.4 is 10.6 Å². The first kappa shape index (κ1) is 18.5. The molecule has 0 unspecified atom stereocenters. The summed E-state index contributed by atoms with van der Waals surface area (Å²) in [6.07, 6.45) is 4.48. The molecule has 0 spiro atoms. The van der Waals surface area contributed by atoms with Crippen LogP contribution in [-0.4, -0.2) is 44.9 Å². The molecule has 1 aliphatic heterocycles. The van der Waals surface area contributed by atoms with E-state index in [0.717, 1.165) is 11.1 Å². The van der Waals surface area contributed by atoms with Crippen LogP contribution in [0.25, 0.3) is 10.9 Å². The van der Waals surface area contributed by atoms with Gasteiger partial charge in [-0.25, -0.2) is 15.0 Å². The topological polar surface area (TPSA) is 83.0 Å². The third-order valence-electron chi connectivity index (χ3n) is 4.42. The fraction of sp³-hybridized carbons (Fsp3) is 0.158. The first-order valence-electron chi connectivity index (χ1n) is 8.54. The molecule has 1 saturated heterocycles. The SMILES string of the molecule is C=CC(=O)N1CC(Nc2cc3c(Nc4ccc(Cl)c(Cl)c4)ncnc3cn2)C1. The van der Waals surface area contributed by atoms with Crippen LogP contribution in [0.4, 0.5) is 17.3 Å². The molecule has 1 fully saturated rings. The van der Waals surface area contributed by atoms with E-state index in [0.29, 0.717) is 40.3 Å². The van der Waals surface area contributed by atoms with Crippen molar-refractivity contribution in [1.29, 1.82) is 0 Å². The van der Waals surface area contributed by atoms with Crippen molar-refractivity contribution in [3.63, 3.8) is 0 Å². The average molecular weight is 415 g/mol. The lowest BCUT2D eigenvalue weighted by Gasteiger charge is -2.39. The van der Waals surface area contributed by atoms with Gasteiger partial charge in [-0.3, -0.25) is 4.79 Å². The predicted octanol–water partition coefficient (Wildman–Crippen LogP) is 3.88. The Morgan fingerprint density at radius 2 is 2.00 bits per heavy atom. The number of anilines is 3. The Kier molecular flexibility index (Phi) is 5.02. The van der Waals surface area contributed by atoms with Gasteiger partial charge in [0, 0.05) is 24.2 Å². The second-order valence-corrected chi connectivity index (χ2v) is 7.17. The molecule has 0 saturated carbocycles. The second-order valence-electron chi connectivity index (χ2n) is 6.35. The van der Waals surface area contributed by atoms with Crippen LogP contribution in [0, 0.1) is 0 Å². The zero-order chi connectivity index (χ0) is 19.7. The standard InChI is InChI=1S/C19H16Cl2N6O/c1-2-18(28)27-8-12(9-27)25-17-6-13-16(7-22-17)23-10-24-19(13)26-11-3-4-14(20)15(21)5-11/h2-7,10,12H,1,8-9H2,(H,22,25)(H,23,24,26). The number of rotatable bonds is 5. The number of benzene rings is 1. The Bertz CT molecular complexity index is 1070. The Hall–Kier alpha value is -2.90. The maximum absolute atomic E-state index is 11.6. The summed E-state index contributed by atoms with van der Waals surface area (Å²) in [7, 11) is 0. The normalized spacial score (nSPS) is 13.9. The molecular formula is C19H16Cl2N6O. The molecule has 2 aromatic heterocycles.